The second-order valence-corrected chi connectivity index (χ2v) is 4.02. The highest BCUT2D eigenvalue weighted by Crippen LogP contribution is 2.11. The van der Waals surface area contributed by atoms with E-state index in [-0.39, 0.29) is 6.10 Å². The van der Waals surface area contributed by atoms with Crippen LogP contribution in [0.2, 0.25) is 0 Å². The number of rotatable bonds is 4. The average Bonchev–Trinajstić information content (AvgIpc) is 2.47. The molecule has 0 aliphatic rings. The fourth-order valence-electron chi connectivity index (χ4n) is 1.04. The van der Waals surface area contributed by atoms with E-state index >= 15 is 0 Å². The number of hydrogen-bond donors (Lipinski definition) is 1. The Kier molecular flexibility index (Phi) is 3.69. The molecule has 1 atom stereocenters. The number of hydrogen-bond acceptors (Lipinski definition) is 3. The van der Waals surface area contributed by atoms with Crippen LogP contribution in [0.4, 0.5) is 0 Å². The van der Waals surface area contributed by atoms with E-state index in [1.165, 1.54) is 0 Å². The van der Waals surface area contributed by atoms with E-state index in [9.17, 15) is 5.11 Å². The molecule has 3 heteroatoms. The van der Waals surface area contributed by atoms with Crippen molar-refractivity contribution in [2.45, 2.75) is 39.2 Å². The molecule has 0 aromatic carbocycles. The van der Waals surface area contributed by atoms with Crippen LogP contribution < -0.4 is 0 Å². The van der Waals surface area contributed by atoms with Gasteiger partial charge in [-0.1, -0.05) is 6.92 Å². The number of aliphatic hydroxyl groups excluding tert-OH is 1. The van der Waals surface area contributed by atoms with Crippen LogP contribution in [0.5, 0.6) is 0 Å². The summed E-state index contributed by atoms with van der Waals surface area (Å²) in [6.45, 7) is 4.00. The summed E-state index contributed by atoms with van der Waals surface area (Å²) >= 11 is 1.67. The SMILES string of the molecule is CCC(O)CCc1csc(C)n1. The molecule has 0 radical (unpaired) electrons. The number of nitrogens with zero attached hydrogens (tertiary/aromatic N) is 1. The maximum atomic E-state index is 9.30. The molecule has 1 heterocycles. The highest BCUT2D eigenvalue weighted by Gasteiger charge is 2.03. The summed E-state index contributed by atoms with van der Waals surface area (Å²) in [4.78, 5) is 4.32. The molecule has 12 heavy (non-hydrogen) atoms. The number of aliphatic hydroxyl groups is 1. The second-order valence-electron chi connectivity index (χ2n) is 2.96. The van der Waals surface area contributed by atoms with Gasteiger partial charge in [-0.15, -0.1) is 11.3 Å². The van der Waals surface area contributed by atoms with Gasteiger partial charge in [0, 0.05) is 5.38 Å². The minimum atomic E-state index is -0.160. The van der Waals surface area contributed by atoms with Gasteiger partial charge in [0.2, 0.25) is 0 Å². The van der Waals surface area contributed by atoms with Crippen LogP contribution in [0.25, 0.3) is 0 Å². The highest BCUT2D eigenvalue weighted by molar-refractivity contribution is 7.09. The normalized spacial score (nSPS) is 13.2. The van der Waals surface area contributed by atoms with Gasteiger partial charge in [-0.25, -0.2) is 4.98 Å². The summed E-state index contributed by atoms with van der Waals surface area (Å²) in [5, 5.41) is 12.5. The first-order valence-electron chi connectivity index (χ1n) is 4.31. The van der Waals surface area contributed by atoms with Crippen molar-refractivity contribution in [2.24, 2.45) is 0 Å². The fraction of sp³-hybridized carbons (Fsp3) is 0.667. The minimum Gasteiger partial charge on any atom is -0.393 e. The highest BCUT2D eigenvalue weighted by atomic mass is 32.1. The topological polar surface area (TPSA) is 33.1 Å². The molecule has 0 saturated carbocycles. The van der Waals surface area contributed by atoms with Gasteiger partial charge >= 0.3 is 0 Å². The first-order valence-corrected chi connectivity index (χ1v) is 5.19. The van der Waals surface area contributed by atoms with Crippen molar-refractivity contribution in [3.63, 3.8) is 0 Å². The van der Waals surface area contributed by atoms with Gasteiger partial charge in [0.1, 0.15) is 0 Å². The summed E-state index contributed by atoms with van der Waals surface area (Å²) in [6, 6.07) is 0. The van der Waals surface area contributed by atoms with Crippen molar-refractivity contribution >= 4 is 11.3 Å². The summed E-state index contributed by atoms with van der Waals surface area (Å²) < 4.78 is 0. The molecule has 1 unspecified atom stereocenters. The van der Waals surface area contributed by atoms with E-state index in [0.717, 1.165) is 30.0 Å². The van der Waals surface area contributed by atoms with E-state index in [1.807, 2.05) is 13.8 Å². The molecule has 1 rings (SSSR count). The number of aromatic nitrogens is 1. The predicted molar refractivity (Wildman–Crippen MR) is 51.5 cm³/mol. The first kappa shape index (κ1) is 9.68. The van der Waals surface area contributed by atoms with Crippen LogP contribution in [0.15, 0.2) is 5.38 Å². The molecule has 68 valence electrons. The van der Waals surface area contributed by atoms with Gasteiger partial charge in [-0.3, -0.25) is 0 Å². The molecule has 1 N–H and O–H groups in total. The number of thiazole rings is 1. The van der Waals surface area contributed by atoms with Crippen molar-refractivity contribution in [1.82, 2.24) is 4.98 Å². The zero-order chi connectivity index (χ0) is 8.97. The molecule has 1 aromatic heterocycles. The van der Waals surface area contributed by atoms with Crippen LogP contribution in [-0.2, 0) is 6.42 Å². The third-order valence-corrected chi connectivity index (χ3v) is 2.69. The first-order chi connectivity index (χ1) is 5.72. The molecular weight excluding hydrogens is 170 g/mol. The lowest BCUT2D eigenvalue weighted by Gasteiger charge is -2.04. The van der Waals surface area contributed by atoms with Crippen LogP contribution in [0, 0.1) is 6.92 Å². The Morgan fingerprint density at radius 2 is 2.42 bits per heavy atom. The van der Waals surface area contributed by atoms with Crippen molar-refractivity contribution in [3.8, 4) is 0 Å². The van der Waals surface area contributed by atoms with Crippen molar-refractivity contribution < 1.29 is 5.11 Å². The summed E-state index contributed by atoms with van der Waals surface area (Å²) in [5.41, 5.74) is 1.12. The molecule has 0 saturated heterocycles. The molecule has 1 aromatic rings. The smallest absolute Gasteiger partial charge is 0.0897 e. The molecule has 0 aliphatic carbocycles. The standard InChI is InChI=1S/C9H15NOS/c1-3-9(11)5-4-8-6-12-7(2)10-8/h6,9,11H,3-5H2,1-2H3. The molecule has 0 amide bonds. The summed E-state index contributed by atoms with van der Waals surface area (Å²) in [6.07, 6.45) is 2.41. The average molecular weight is 185 g/mol. The van der Waals surface area contributed by atoms with E-state index in [2.05, 4.69) is 10.4 Å². The Bertz CT molecular complexity index is 234. The molecule has 0 spiro atoms. The van der Waals surface area contributed by atoms with Crippen molar-refractivity contribution in [1.29, 1.82) is 0 Å². The molecule has 0 bridgehead atoms. The molecule has 0 aliphatic heterocycles. The van der Waals surface area contributed by atoms with Gasteiger partial charge in [0.05, 0.1) is 16.8 Å². The van der Waals surface area contributed by atoms with Crippen LogP contribution >= 0.6 is 11.3 Å². The minimum absolute atomic E-state index is 0.160. The van der Waals surface area contributed by atoms with Crippen LogP contribution in [-0.4, -0.2) is 16.2 Å². The lowest BCUT2D eigenvalue weighted by atomic mass is 10.1. The van der Waals surface area contributed by atoms with E-state index in [4.69, 9.17) is 0 Å². The lowest BCUT2D eigenvalue weighted by molar-refractivity contribution is 0.160. The Hall–Kier alpha value is -0.410. The monoisotopic (exact) mass is 185 g/mol. The van der Waals surface area contributed by atoms with Crippen LogP contribution in [0.1, 0.15) is 30.5 Å². The van der Waals surface area contributed by atoms with Gasteiger partial charge in [0.25, 0.3) is 0 Å². The van der Waals surface area contributed by atoms with Crippen molar-refractivity contribution in [3.05, 3.63) is 16.1 Å². The maximum absolute atomic E-state index is 9.30. The summed E-state index contributed by atoms with van der Waals surface area (Å²) in [7, 11) is 0. The van der Waals surface area contributed by atoms with E-state index < -0.39 is 0 Å². The lowest BCUT2D eigenvalue weighted by Crippen LogP contribution is -2.05. The fourth-order valence-corrected chi connectivity index (χ4v) is 1.69. The van der Waals surface area contributed by atoms with E-state index in [1.54, 1.807) is 11.3 Å². The van der Waals surface area contributed by atoms with Crippen LogP contribution in [0.3, 0.4) is 0 Å². The van der Waals surface area contributed by atoms with Crippen molar-refractivity contribution in [2.75, 3.05) is 0 Å². The third-order valence-electron chi connectivity index (χ3n) is 1.87. The Morgan fingerprint density at radius 3 is 2.92 bits per heavy atom. The zero-order valence-corrected chi connectivity index (χ0v) is 8.40. The second kappa shape index (κ2) is 4.58. The predicted octanol–water partition coefficient (Wildman–Crippen LogP) is 2.16. The molecular formula is C9H15NOS. The van der Waals surface area contributed by atoms with Gasteiger partial charge in [-0.05, 0) is 26.2 Å². The maximum Gasteiger partial charge on any atom is 0.0897 e. The molecule has 0 fully saturated rings. The Balaban J connectivity index is 2.33. The number of aryl methyl sites for hydroxylation is 2. The Morgan fingerprint density at radius 1 is 1.67 bits per heavy atom. The summed E-state index contributed by atoms with van der Waals surface area (Å²) in [5.74, 6) is 0. The quantitative estimate of drug-likeness (QED) is 0.779. The van der Waals surface area contributed by atoms with E-state index in [0.29, 0.717) is 0 Å². The van der Waals surface area contributed by atoms with Gasteiger partial charge < -0.3 is 5.11 Å². The third kappa shape index (κ3) is 2.91. The van der Waals surface area contributed by atoms with Gasteiger partial charge in [-0.2, -0.15) is 0 Å². The largest absolute Gasteiger partial charge is 0.393 e. The Labute approximate surface area is 77.3 Å². The zero-order valence-electron chi connectivity index (χ0n) is 7.58. The van der Waals surface area contributed by atoms with Gasteiger partial charge in [0.15, 0.2) is 0 Å². The molecule has 2 nitrogen and oxygen atoms in total.